The summed E-state index contributed by atoms with van der Waals surface area (Å²) in [6.45, 7) is 0.461. The molecule has 10 heteroatoms. The zero-order valence-electron chi connectivity index (χ0n) is 12.4. The fourth-order valence-electron chi connectivity index (χ4n) is 1.92. The molecule has 0 spiro atoms. The fraction of sp³-hybridized carbons (Fsp3) is 0.286. The lowest BCUT2D eigenvalue weighted by molar-refractivity contribution is -0.137. The van der Waals surface area contributed by atoms with Gasteiger partial charge in [0.1, 0.15) is 11.5 Å². The number of hydrogen-bond donors (Lipinski definition) is 2. The summed E-state index contributed by atoms with van der Waals surface area (Å²) in [4.78, 5) is 15.6. The molecule has 0 aliphatic carbocycles. The molecule has 0 unspecified atom stereocenters. The topological polar surface area (TPSA) is 59.0 Å². The Morgan fingerprint density at radius 2 is 2.00 bits per heavy atom. The largest absolute Gasteiger partial charge is 0.417 e. The van der Waals surface area contributed by atoms with E-state index >= 15 is 0 Å². The molecule has 0 radical (unpaired) electrons. The van der Waals surface area contributed by atoms with Crippen LogP contribution in [0.25, 0.3) is 0 Å². The smallest absolute Gasteiger partial charge is 0.367 e. The lowest BCUT2D eigenvalue weighted by Crippen LogP contribution is -2.30. The van der Waals surface area contributed by atoms with Gasteiger partial charge in [-0.05, 0) is 12.1 Å². The van der Waals surface area contributed by atoms with Gasteiger partial charge in [0.25, 0.3) is 5.91 Å². The Balaban J connectivity index is 1.86. The van der Waals surface area contributed by atoms with Gasteiger partial charge in [-0.15, -0.1) is 0 Å². The first-order chi connectivity index (χ1) is 11.2. The second-order valence-corrected chi connectivity index (χ2v) is 5.73. The molecule has 0 aliphatic heterocycles. The number of amides is 1. The van der Waals surface area contributed by atoms with E-state index in [1.807, 2.05) is 0 Å². The summed E-state index contributed by atoms with van der Waals surface area (Å²) in [6, 6.07) is 2.32. The Kier molecular flexibility index (Phi) is 5.61. The second kappa shape index (κ2) is 7.31. The van der Waals surface area contributed by atoms with E-state index in [-0.39, 0.29) is 29.8 Å². The van der Waals surface area contributed by atoms with Crippen LogP contribution >= 0.6 is 23.2 Å². The number of carbonyl (C=O) groups excluding carboxylic acids is 1. The number of halogens is 5. The normalized spacial score (nSPS) is 11.4. The Labute approximate surface area is 145 Å². The summed E-state index contributed by atoms with van der Waals surface area (Å²) in [7, 11) is 1.69. The molecule has 0 aromatic carbocycles. The number of aromatic nitrogens is 2. The zero-order valence-corrected chi connectivity index (χ0v) is 13.9. The van der Waals surface area contributed by atoms with Crippen molar-refractivity contribution in [3.05, 3.63) is 45.8 Å². The van der Waals surface area contributed by atoms with Crippen molar-refractivity contribution in [2.45, 2.75) is 6.18 Å². The van der Waals surface area contributed by atoms with Crippen molar-refractivity contribution in [3.8, 4) is 0 Å². The van der Waals surface area contributed by atoms with Gasteiger partial charge >= 0.3 is 6.18 Å². The predicted octanol–water partition coefficient (Wildman–Crippen LogP) is 3.59. The number of anilines is 1. The predicted molar refractivity (Wildman–Crippen MR) is 85.5 cm³/mol. The Morgan fingerprint density at radius 1 is 1.29 bits per heavy atom. The minimum atomic E-state index is -4.50. The van der Waals surface area contributed by atoms with Gasteiger partial charge in [0.15, 0.2) is 0 Å². The molecular weight excluding hydrogens is 368 g/mol. The highest BCUT2D eigenvalue weighted by atomic mass is 35.5. The van der Waals surface area contributed by atoms with Crippen molar-refractivity contribution in [1.29, 1.82) is 0 Å². The van der Waals surface area contributed by atoms with E-state index < -0.39 is 11.7 Å². The lowest BCUT2D eigenvalue weighted by Gasteiger charge is -2.11. The third kappa shape index (κ3) is 4.55. The lowest BCUT2D eigenvalue weighted by atomic mass is 10.3. The van der Waals surface area contributed by atoms with Crippen molar-refractivity contribution in [2.24, 2.45) is 7.05 Å². The Morgan fingerprint density at radius 3 is 2.54 bits per heavy atom. The van der Waals surface area contributed by atoms with Crippen LogP contribution in [0.1, 0.15) is 16.1 Å². The average Bonchev–Trinajstić information content (AvgIpc) is 2.82. The minimum absolute atomic E-state index is 0.112. The number of nitrogens with one attached hydrogen (secondary N) is 2. The van der Waals surface area contributed by atoms with E-state index in [9.17, 15) is 18.0 Å². The average molecular weight is 381 g/mol. The number of hydrogen-bond acceptors (Lipinski definition) is 3. The van der Waals surface area contributed by atoms with Crippen LogP contribution in [-0.4, -0.2) is 28.5 Å². The number of aryl methyl sites for hydroxylation is 1. The second-order valence-electron chi connectivity index (χ2n) is 4.89. The van der Waals surface area contributed by atoms with E-state index in [2.05, 4.69) is 15.6 Å². The van der Waals surface area contributed by atoms with Crippen molar-refractivity contribution < 1.29 is 18.0 Å². The Bertz CT molecular complexity index is 746. The van der Waals surface area contributed by atoms with Gasteiger partial charge in [0.05, 0.1) is 15.6 Å². The molecule has 2 heterocycles. The number of rotatable bonds is 5. The van der Waals surface area contributed by atoms with Crippen molar-refractivity contribution in [1.82, 2.24) is 14.9 Å². The molecule has 1 amide bonds. The number of carbonyl (C=O) groups is 1. The van der Waals surface area contributed by atoms with Gasteiger partial charge in [-0.2, -0.15) is 13.2 Å². The molecular formula is C14H13Cl2F3N4O. The molecule has 0 aliphatic rings. The summed E-state index contributed by atoms with van der Waals surface area (Å²) in [6.07, 6.45) is -2.21. The van der Waals surface area contributed by atoms with Gasteiger partial charge in [-0.3, -0.25) is 4.79 Å². The molecule has 0 saturated carbocycles. The van der Waals surface area contributed by atoms with Crippen LogP contribution in [0.15, 0.2) is 24.5 Å². The highest BCUT2D eigenvalue weighted by molar-refractivity contribution is 6.33. The van der Waals surface area contributed by atoms with Crippen LogP contribution in [-0.2, 0) is 13.2 Å². The van der Waals surface area contributed by atoms with Gasteiger partial charge in [-0.1, -0.05) is 23.2 Å². The summed E-state index contributed by atoms with van der Waals surface area (Å²) < 4.78 is 39.1. The number of nitrogens with zero attached hydrogens (tertiary/aromatic N) is 2. The first-order valence-electron chi connectivity index (χ1n) is 6.75. The van der Waals surface area contributed by atoms with Gasteiger partial charge < -0.3 is 15.2 Å². The van der Waals surface area contributed by atoms with Crippen LogP contribution in [0.5, 0.6) is 0 Å². The van der Waals surface area contributed by atoms with E-state index in [1.165, 1.54) is 6.07 Å². The quantitative estimate of drug-likeness (QED) is 0.779. The first-order valence-corrected chi connectivity index (χ1v) is 7.50. The van der Waals surface area contributed by atoms with Gasteiger partial charge in [-0.25, -0.2) is 4.98 Å². The Hall–Kier alpha value is -1.93. The van der Waals surface area contributed by atoms with E-state index in [0.29, 0.717) is 16.9 Å². The molecule has 24 heavy (non-hydrogen) atoms. The highest BCUT2D eigenvalue weighted by Crippen LogP contribution is 2.32. The van der Waals surface area contributed by atoms with E-state index in [4.69, 9.17) is 23.2 Å². The van der Waals surface area contributed by atoms with Gasteiger partial charge in [0.2, 0.25) is 0 Å². The maximum Gasteiger partial charge on any atom is 0.417 e. The minimum Gasteiger partial charge on any atom is -0.367 e. The number of alkyl halides is 3. The monoisotopic (exact) mass is 380 g/mol. The van der Waals surface area contributed by atoms with Gasteiger partial charge in [0, 0.05) is 32.5 Å². The third-order valence-electron chi connectivity index (χ3n) is 3.08. The SMILES string of the molecule is Cn1cc(Cl)cc1C(=O)NCCNc1ncc(C(F)(F)F)cc1Cl. The van der Waals surface area contributed by atoms with Crippen LogP contribution in [0.3, 0.4) is 0 Å². The van der Waals surface area contributed by atoms with E-state index in [0.717, 1.165) is 6.07 Å². The summed E-state index contributed by atoms with van der Waals surface area (Å²) in [5.74, 6) is -0.210. The zero-order chi connectivity index (χ0) is 17.9. The molecule has 0 atom stereocenters. The third-order valence-corrected chi connectivity index (χ3v) is 3.57. The summed E-state index contributed by atoms with van der Waals surface area (Å²) >= 11 is 11.6. The van der Waals surface area contributed by atoms with Crippen molar-refractivity contribution >= 4 is 34.9 Å². The molecule has 130 valence electrons. The number of pyridine rings is 1. The molecule has 2 N–H and O–H groups in total. The van der Waals surface area contributed by atoms with Crippen molar-refractivity contribution in [3.63, 3.8) is 0 Å². The summed E-state index contributed by atoms with van der Waals surface area (Å²) in [5.41, 5.74) is -0.530. The van der Waals surface area contributed by atoms with Crippen LogP contribution in [0, 0.1) is 0 Å². The van der Waals surface area contributed by atoms with E-state index in [1.54, 1.807) is 17.8 Å². The molecule has 2 rings (SSSR count). The maximum atomic E-state index is 12.5. The standard InChI is InChI=1S/C14H13Cl2F3N4O/c1-23-7-9(15)5-11(23)13(24)21-3-2-20-12-10(16)4-8(6-22-12)14(17,18)19/h4-7H,2-3H2,1H3,(H,20,22)(H,21,24). The highest BCUT2D eigenvalue weighted by Gasteiger charge is 2.31. The first kappa shape index (κ1) is 18.4. The molecule has 2 aromatic heterocycles. The molecule has 0 fully saturated rings. The van der Waals surface area contributed by atoms with Crippen molar-refractivity contribution in [2.75, 3.05) is 18.4 Å². The van der Waals surface area contributed by atoms with Crippen LogP contribution in [0.2, 0.25) is 10.0 Å². The maximum absolute atomic E-state index is 12.5. The van der Waals surface area contributed by atoms with Crippen LogP contribution < -0.4 is 10.6 Å². The molecule has 0 bridgehead atoms. The molecule has 5 nitrogen and oxygen atoms in total. The van der Waals surface area contributed by atoms with Crippen LogP contribution in [0.4, 0.5) is 19.0 Å². The molecule has 0 saturated heterocycles. The fourth-order valence-corrected chi connectivity index (χ4v) is 2.40. The molecule has 2 aromatic rings. The summed E-state index contributed by atoms with van der Waals surface area (Å²) in [5, 5.41) is 5.70.